The minimum absolute atomic E-state index is 0.0752. The zero-order valence-electron chi connectivity index (χ0n) is 17.8. The molecule has 3 amide bonds. The lowest BCUT2D eigenvalue weighted by Crippen LogP contribution is -2.45. The van der Waals surface area contributed by atoms with E-state index in [2.05, 4.69) is 5.32 Å². The molecule has 1 heterocycles. The van der Waals surface area contributed by atoms with E-state index in [4.69, 9.17) is 23.2 Å². The maximum absolute atomic E-state index is 13.9. The number of urea groups is 1. The SMILES string of the molecule is CN1Cc2ccc(C(=O)NCc3c(F)cc(F)cc3F)cc2N(Cc2c(Cl)cccc2Cl)C1=O. The molecule has 4 rings (SSSR count). The number of fused-ring (bicyclic) bond motifs is 1. The Bertz CT molecular complexity index is 1260. The minimum atomic E-state index is -1.10. The van der Waals surface area contributed by atoms with Crippen molar-refractivity contribution in [2.45, 2.75) is 19.6 Å². The fourth-order valence-corrected chi connectivity index (χ4v) is 4.25. The average Bonchev–Trinajstić information content (AvgIpc) is 2.77. The second-order valence-electron chi connectivity index (χ2n) is 7.80. The smallest absolute Gasteiger partial charge is 0.324 e. The van der Waals surface area contributed by atoms with Crippen molar-refractivity contribution in [2.75, 3.05) is 11.9 Å². The van der Waals surface area contributed by atoms with Crippen molar-refractivity contribution in [1.82, 2.24) is 10.2 Å². The zero-order valence-corrected chi connectivity index (χ0v) is 19.4. The molecule has 0 aromatic heterocycles. The summed E-state index contributed by atoms with van der Waals surface area (Å²) >= 11 is 12.6. The van der Waals surface area contributed by atoms with Gasteiger partial charge in [0.1, 0.15) is 17.5 Å². The summed E-state index contributed by atoms with van der Waals surface area (Å²) in [6.45, 7) is -0.0744. The maximum Gasteiger partial charge on any atom is 0.324 e. The van der Waals surface area contributed by atoms with Crippen LogP contribution in [0.3, 0.4) is 0 Å². The summed E-state index contributed by atoms with van der Waals surface area (Å²) in [6.07, 6.45) is 0. The minimum Gasteiger partial charge on any atom is -0.348 e. The van der Waals surface area contributed by atoms with Gasteiger partial charge >= 0.3 is 6.03 Å². The summed E-state index contributed by atoms with van der Waals surface area (Å²) in [6, 6.07) is 10.6. The van der Waals surface area contributed by atoms with Crippen LogP contribution in [0.2, 0.25) is 10.0 Å². The number of benzene rings is 3. The quantitative estimate of drug-likeness (QED) is 0.466. The maximum atomic E-state index is 13.9. The van der Waals surface area contributed by atoms with Gasteiger partial charge in [-0.05, 0) is 29.8 Å². The monoisotopic (exact) mass is 507 g/mol. The van der Waals surface area contributed by atoms with Crippen LogP contribution in [0.15, 0.2) is 48.5 Å². The van der Waals surface area contributed by atoms with Crippen LogP contribution in [0.4, 0.5) is 23.7 Å². The van der Waals surface area contributed by atoms with E-state index in [0.29, 0.717) is 40.0 Å². The molecule has 0 aliphatic carbocycles. The van der Waals surface area contributed by atoms with E-state index in [1.807, 2.05) is 0 Å². The Morgan fingerprint density at radius 2 is 1.65 bits per heavy atom. The van der Waals surface area contributed by atoms with E-state index >= 15 is 0 Å². The van der Waals surface area contributed by atoms with Gasteiger partial charge in [-0.15, -0.1) is 0 Å². The molecular weight excluding hydrogens is 490 g/mol. The van der Waals surface area contributed by atoms with Crippen LogP contribution in [0.25, 0.3) is 0 Å². The van der Waals surface area contributed by atoms with Gasteiger partial charge in [0.25, 0.3) is 5.91 Å². The predicted molar refractivity (Wildman–Crippen MR) is 123 cm³/mol. The lowest BCUT2D eigenvalue weighted by molar-refractivity contribution is 0.0950. The number of anilines is 1. The van der Waals surface area contributed by atoms with Crippen LogP contribution < -0.4 is 10.2 Å². The van der Waals surface area contributed by atoms with E-state index in [9.17, 15) is 22.8 Å². The molecule has 5 nitrogen and oxygen atoms in total. The van der Waals surface area contributed by atoms with Crippen LogP contribution in [-0.4, -0.2) is 23.9 Å². The number of nitrogens with one attached hydrogen (secondary N) is 1. The lowest BCUT2D eigenvalue weighted by atomic mass is 10.0. The average molecular weight is 508 g/mol. The summed E-state index contributed by atoms with van der Waals surface area (Å²) in [4.78, 5) is 28.7. The highest BCUT2D eigenvalue weighted by Crippen LogP contribution is 2.33. The van der Waals surface area contributed by atoms with Crippen LogP contribution in [0, 0.1) is 17.5 Å². The molecule has 0 atom stereocenters. The molecule has 0 spiro atoms. The van der Waals surface area contributed by atoms with Gasteiger partial charge in [0.05, 0.1) is 12.2 Å². The van der Waals surface area contributed by atoms with Crippen LogP contribution in [0.1, 0.15) is 27.0 Å². The summed E-state index contributed by atoms with van der Waals surface area (Å²) < 4.78 is 40.9. The molecule has 0 saturated heterocycles. The molecule has 3 aromatic rings. The van der Waals surface area contributed by atoms with Gasteiger partial charge in [0.2, 0.25) is 0 Å². The van der Waals surface area contributed by atoms with Gasteiger partial charge in [-0.3, -0.25) is 9.69 Å². The number of rotatable bonds is 5. The third kappa shape index (κ3) is 4.69. The third-order valence-electron chi connectivity index (χ3n) is 5.51. The normalized spacial score (nSPS) is 13.2. The number of amides is 3. The van der Waals surface area contributed by atoms with Crippen LogP contribution in [-0.2, 0) is 19.6 Å². The first-order valence-electron chi connectivity index (χ1n) is 10.2. The molecule has 1 aliphatic rings. The number of hydrogen-bond donors (Lipinski definition) is 1. The number of carbonyl (C=O) groups is 2. The highest BCUT2D eigenvalue weighted by atomic mass is 35.5. The summed E-state index contributed by atoms with van der Waals surface area (Å²) in [5.74, 6) is -3.86. The molecule has 0 bridgehead atoms. The molecule has 0 saturated carbocycles. The summed E-state index contributed by atoms with van der Waals surface area (Å²) in [5, 5.41) is 3.22. The van der Waals surface area contributed by atoms with Crippen molar-refractivity contribution in [2.24, 2.45) is 0 Å². The van der Waals surface area contributed by atoms with Gasteiger partial charge in [-0.2, -0.15) is 0 Å². The Morgan fingerprint density at radius 3 is 2.29 bits per heavy atom. The van der Waals surface area contributed by atoms with Crippen molar-refractivity contribution >= 4 is 40.8 Å². The number of nitrogens with zero attached hydrogens (tertiary/aromatic N) is 2. The zero-order chi connectivity index (χ0) is 24.6. The predicted octanol–water partition coefficient (Wildman–Crippen LogP) is 5.91. The first-order valence-corrected chi connectivity index (χ1v) is 10.9. The standard InChI is InChI=1S/C24H18Cl2F3N3O2/c1-31-11-14-6-5-13(23(33)30-10-16-20(28)8-15(27)9-21(16)29)7-22(14)32(24(31)34)12-17-18(25)3-2-4-19(17)26/h2-9H,10-12H2,1H3,(H,30,33). The molecule has 0 fully saturated rings. The summed E-state index contributed by atoms with van der Waals surface area (Å²) in [7, 11) is 1.65. The van der Waals surface area contributed by atoms with E-state index in [-0.39, 0.29) is 18.1 Å². The fraction of sp³-hybridized carbons (Fsp3) is 0.167. The van der Waals surface area contributed by atoms with Gasteiger partial charge in [-0.1, -0.05) is 35.3 Å². The van der Waals surface area contributed by atoms with Gasteiger partial charge in [-0.25, -0.2) is 18.0 Å². The van der Waals surface area contributed by atoms with Gasteiger partial charge in [0, 0.05) is 59.0 Å². The number of carbonyl (C=O) groups excluding carboxylic acids is 2. The Hall–Kier alpha value is -3.23. The fourth-order valence-electron chi connectivity index (χ4n) is 3.73. The van der Waals surface area contributed by atoms with Gasteiger partial charge in [0.15, 0.2) is 0 Å². The van der Waals surface area contributed by atoms with Crippen molar-refractivity contribution in [3.63, 3.8) is 0 Å². The second-order valence-corrected chi connectivity index (χ2v) is 8.61. The molecule has 176 valence electrons. The lowest BCUT2D eigenvalue weighted by Gasteiger charge is -2.35. The molecule has 0 radical (unpaired) electrons. The Kier molecular flexibility index (Phi) is 6.72. The Balaban J connectivity index is 1.62. The number of hydrogen-bond acceptors (Lipinski definition) is 2. The topological polar surface area (TPSA) is 52.7 Å². The van der Waals surface area contributed by atoms with Crippen LogP contribution in [0.5, 0.6) is 0 Å². The van der Waals surface area contributed by atoms with Crippen molar-refractivity contribution in [3.8, 4) is 0 Å². The molecule has 0 unspecified atom stereocenters. The highest BCUT2D eigenvalue weighted by Gasteiger charge is 2.30. The first-order chi connectivity index (χ1) is 16.2. The van der Waals surface area contributed by atoms with Gasteiger partial charge < -0.3 is 10.2 Å². The Morgan fingerprint density at radius 1 is 1.00 bits per heavy atom. The van der Waals surface area contributed by atoms with E-state index in [0.717, 1.165) is 5.56 Å². The molecule has 34 heavy (non-hydrogen) atoms. The highest BCUT2D eigenvalue weighted by molar-refractivity contribution is 6.36. The number of halogens is 5. The van der Waals surface area contributed by atoms with E-state index in [1.165, 1.54) is 15.9 Å². The van der Waals surface area contributed by atoms with Crippen molar-refractivity contribution < 1.29 is 22.8 Å². The summed E-state index contributed by atoms with van der Waals surface area (Å²) in [5.41, 5.74) is 1.55. The van der Waals surface area contributed by atoms with E-state index in [1.54, 1.807) is 37.4 Å². The second kappa shape index (κ2) is 9.56. The van der Waals surface area contributed by atoms with E-state index < -0.39 is 35.5 Å². The largest absolute Gasteiger partial charge is 0.348 e. The molecule has 3 aromatic carbocycles. The van der Waals surface area contributed by atoms with Crippen molar-refractivity contribution in [3.05, 3.63) is 98.3 Å². The molecule has 10 heteroatoms. The molecular formula is C24H18Cl2F3N3O2. The van der Waals surface area contributed by atoms with Crippen molar-refractivity contribution in [1.29, 1.82) is 0 Å². The molecule has 1 N–H and O–H groups in total. The first kappa shape index (κ1) is 23.9. The van der Waals surface area contributed by atoms with Crippen LogP contribution >= 0.6 is 23.2 Å². The molecule has 1 aliphatic heterocycles. The Labute approximate surface area is 203 Å². The third-order valence-corrected chi connectivity index (χ3v) is 6.22.